The van der Waals surface area contributed by atoms with E-state index in [0.717, 1.165) is 0 Å². The molecule has 62 valence electrons. The highest BCUT2D eigenvalue weighted by molar-refractivity contribution is 5.79. The Bertz CT molecular complexity index is 360. The lowest BCUT2D eigenvalue weighted by Crippen LogP contribution is -1.69. The number of aromatic amines is 1. The maximum absolute atomic E-state index is 3.15. The Hall–Kier alpha value is -1.50. The molecule has 0 spiro atoms. The van der Waals surface area contributed by atoms with E-state index in [-0.39, 0.29) is 0 Å². The molecule has 0 aliphatic heterocycles. The Kier molecular flexibility index (Phi) is 2.70. The Labute approximate surface area is 72.7 Å². The summed E-state index contributed by atoms with van der Waals surface area (Å²) < 4.78 is 0. The van der Waals surface area contributed by atoms with Gasteiger partial charge in [0.05, 0.1) is 0 Å². The van der Waals surface area contributed by atoms with Gasteiger partial charge in [-0.05, 0) is 30.5 Å². The molecule has 1 aromatic carbocycles. The molecule has 0 fully saturated rings. The molecule has 0 aliphatic carbocycles. The molecule has 1 heteroatoms. The number of aryl methyl sites for hydroxylation is 1. The van der Waals surface area contributed by atoms with Crippen LogP contribution in [-0.2, 0) is 0 Å². The first kappa shape index (κ1) is 8.60. The maximum Gasteiger partial charge on any atom is 0.0454 e. The van der Waals surface area contributed by atoms with Crippen molar-refractivity contribution in [2.24, 2.45) is 0 Å². The van der Waals surface area contributed by atoms with Crippen molar-refractivity contribution in [2.75, 3.05) is 0 Å². The normalized spacial score (nSPS) is 9.08. The van der Waals surface area contributed by atoms with Crippen molar-refractivity contribution in [3.05, 3.63) is 49.2 Å². The molecule has 2 aromatic rings. The third-order valence-electron chi connectivity index (χ3n) is 1.71. The summed E-state index contributed by atoms with van der Waals surface area (Å²) in [6, 6.07) is 8.47. The van der Waals surface area contributed by atoms with Crippen molar-refractivity contribution in [3.8, 4) is 0 Å². The van der Waals surface area contributed by atoms with Gasteiger partial charge in [-0.25, -0.2) is 0 Å². The minimum atomic E-state index is 1.21. The number of benzene rings is 1. The zero-order valence-electron chi connectivity index (χ0n) is 7.30. The quantitative estimate of drug-likeness (QED) is 0.568. The molecule has 12 heavy (non-hydrogen) atoms. The monoisotopic (exact) mass is 159 g/mol. The minimum absolute atomic E-state index is 1.21. The lowest BCUT2D eigenvalue weighted by molar-refractivity contribution is 1.46. The Morgan fingerprint density at radius 3 is 2.67 bits per heavy atom. The number of fused-ring (bicyclic) bond motifs is 1. The first-order valence-corrected chi connectivity index (χ1v) is 3.90. The molecule has 0 bridgehead atoms. The smallest absolute Gasteiger partial charge is 0.0454 e. The average molecular weight is 159 g/mol. The lowest BCUT2D eigenvalue weighted by atomic mass is 10.2. The molecule has 0 amide bonds. The van der Waals surface area contributed by atoms with Gasteiger partial charge in [-0.3, -0.25) is 0 Å². The average Bonchev–Trinajstić information content (AvgIpc) is 2.54. The van der Waals surface area contributed by atoms with E-state index in [1.54, 1.807) is 0 Å². The highest BCUT2D eigenvalue weighted by Crippen LogP contribution is 2.12. The molecule has 0 unspecified atom stereocenters. The predicted molar refractivity (Wildman–Crippen MR) is 54.3 cm³/mol. The molecule has 1 N–H and O–H groups in total. The van der Waals surface area contributed by atoms with E-state index in [1.165, 1.54) is 16.5 Å². The Morgan fingerprint density at radius 2 is 1.92 bits per heavy atom. The Morgan fingerprint density at radius 1 is 1.17 bits per heavy atom. The van der Waals surface area contributed by atoms with Gasteiger partial charge >= 0.3 is 0 Å². The number of aromatic nitrogens is 1. The summed E-state index contributed by atoms with van der Waals surface area (Å²) in [5, 5.41) is 1.29. The van der Waals surface area contributed by atoms with Gasteiger partial charge in [0.2, 0.25) is 0 Å². The van der Waals surface area contributed by atoms with Crippen LogP contribution in [0, 0.1) is 6.92 Å². The van der Waals surface area contributed by atoms with Crippen LogP contribution in [0.25, 0.3) is 10.9 Å². The number of rotatable bonds is 0. The van der Waals surface area contributed by atoms with Crippen LogP contribution in [0.5, 0.6) is 0 Å². The van der Waals surface area contributed by atoms with Crippen LogP contribution in [0.3, 0.4) is 0 Å². The second kappa shape index (κ2) is 3.77. The van der Waals surface area contributed by atoms with Crippen LogP contribution in [0.1, 0.15) is 5.56 Å². The third-order valence-corrected chi connectivity index (χ3v) is 1.71. The lowest BCUT2D eigenvalue weighted by Gasteiger charge is -1.90. The van der Waals surface area contributed by atoms with E-state index in [4.69, 9.17) is 0 Å². The van der Waals surface area contributed by atoms with E-state index < -0.39 is 0 Å². The van der Waals surface area contributed by atoms with E-state index in [9.17, 15) is 0 Å². The van der Waals surface area contributed by atoms with Crippen LogP contribution in [0.15, 0.2) is 43.6 Å². The molecule has 1 aromatic heterocycles. The predicted octanol–water partition coefficient (Wildman–Crippen LogP) is 3.28. The van der Waals surface area contributed by atoms with Crippen molar-refractivity contribution in [3.63, 3.8) is 0 Å². The van der Waals surface area contributed by atoms with Crippen molar-refractivity contribution in [2.45, 2.75) is 6.92 Å². The standard InChI is InChI=1S/C9H9N.C2H4/c1-7-2-3-9-8(6-7)4-5-10-9;1-2/h2-6,10H,1H3;1-2H2. The summed E-state index contributed by atoms with van der Waals surface area (Å²) in [6.07, 6.45) is 1.96. The van der Waals surface area contributed by atoms with Gasteiger partial charge in [0.1, 0.15) is 0 Å². The van der Waals surface area contributed by atoms with E-state index >= 15 is 0 Å². The largest absolute Gasteiger partial charge is 0.361 e. The van der Waals surface area contributed by atoms with Crippen LogP contribution in [-0.4, -0.2) is 4.98 Å². The summed E-state index contributed by atoms with van der Waals surface area (Å²) in [5.41, 5.74) is 2.53. The van der Waals surface area contributed by atoms with Crippen LogP contribution >= 0.6 is 0 Å². The third kappa shape index (κ3) is 1.56. The van der Waals surface area contributed by atoms with Gasteiger partial charge in [0, 0.05) is 11.7 Å². The molecular weight excluding hydrogens is 146 g/mol. The zero-order valence-corrected chi connectivity index (χ0v) is 7.30. The molecular formula is C11H13N. The fraction of sp³-hybridized carbons (Fsp3) is 0.0909. The number of hydrogen-bond donors (Lipinski definition) is 1. The first-order valence-electron chi connectivity index (χ1n) is 3.90. The van der Waals surface area contributed by atoms with Crippen LogP contribution in [0.4, 0.5) is 0 Å². The molecule has 0 aliphatic rings. The van der Waals surface area contributed by atoms with E-state index in [0.29, 0.717) is 0 Å². The first-order chi connectivity index (χ1) is 5.86. The number of hydrogen-bond acceptors (Lipinski definition) is 0. The molecule has 0 atom stereocenters. The van der Waals surface area contributed by atoms with Crippen LogP contribution < -0.4 is 0 Å². The molecule has 0 radical (unpaired) electrons. The molecule has 1 heterocycles. The van der Waals surface area contributed by atoms with E-state index in [1.807, 2.05) is 6.20 Å². The fourth-order valence-corrected chi connectivity index (χ4v) is 1.17. The SMILES string of the molecule is C=C.Cc1ccc2[nH]ccc2c1. The molecule has 2 rings (SSSR count). The maximum atomic E-state index is 3.15. The topological polar surface area (TPSA) is 15.8 Å². The second-order valence-electron chi connectivity index (χ2n) is 2.57. The number of nitrogens with one attached hydrogen (secondary N) is 1. The second-order valence-corrected chi connectivity index (χ2v) is 2.57. The van der Waals surface area contributed by atoms with Gasteiger partial charge < -0.3 is 4.98 Å². The van der Waals surface area contributed by atoms with Crippen LogP contribution in [0.2, 0.25) is 0 Å². The van der Waals surface area contributed by atoms with Gasteiger partial charge in [-0.15, -0.1) is 13.2 Å². The van der Waals surface area contributed by atoms with Crippen molar-refractivity contribution < 1.29 is 0 Å². The van der Waals surface area contributed by atoms with Crippen molar-refractivity contribution in [1.29, 1.82) is 0 Å². The van der Waals surface area contributed by atoms with Crippen molar-refractivity contribution >= 4 is 10.9 Å². The summed E-state index contributed by atoms with van der Waals surface area (Å²) in [5.74, 6) is 0. The van der Waals surface area contributed by atoms with Gasteiger partial charge in [0.15, 0.2) is 0 Å². The molecule has 0 saturated carbocycles. The van der Waals surface area contributed by atoms with Gasteiger partial charge in [-0.1, -0.05) is 11.6 Å². The highest BCUT2D eigenvalue weighted by atomic mass is 14.7. The Balaban J connectivity index is 0.000000336. The molecule has 0 saturated heterocycles. The minimum Gasteiger partial charge on any atom is -0.361 e. The summed E-state index contributed by atoms with van der Waals surface area (Å²) in [6.45, 7) is 8.10. The number of H-pyrrole nitrogens is 1. The van der Waals surface area contributed by atoms with Gasteiger partial charge in [0.25, 0.3) is 0 Å². The van der Waals surface area contributed by atoms with Gasteiger partial charge in [-0.2, -0.15) is 0 Å². The summed E-state index contributed by atoms with van der Waals surface area (Å²) >= 11 is 0. The summed E-state index contributed by atoms with van der Waals surface area (Å²) in [4.78, 5) is 3.15. The fourth-order valence-electron chi connectivity index (χ4n) is 1.17. The highest BCUT2D eigenvalue weighted by Gasteiger charge is 1.90. The molecule has 1 nitrogen and oxygen atoms in total. The zero-order chi connectivity index (χ0) is 8.97. The summed E-state index contributed by atoms with van der Waals surface area (Å²) in [7, 11) is 0. The van der Waals surface area contributed by atoms with E-state index in [2.05, 4.69) is 49.3 Å². The van der Waals surface area contributed by atoms with Crippen molar-refractivity contribution in [1.82, 2.24) is 4.98 Å².